The van der Waals surface area contributed by atoms with E-state index in [9.17, 15) is 0 Å². The molecule has 1 N–H and O–H groups in total. The summed E-state index contributed by atoms with van der Waals surface area (Å²) in [6.07, 6.45) is 6.38. The summed E-state index contributed by atoms with van der Waals surface area (Å²) >= 11 is 18.8. The molecule has 25 heavy (non-hydrogen) atoms. The number of para-hydroxylation sites is 1. The van der Waals surface area contributed by atoms with Gasteiger partial charge < -0.3 is 5.32 Å². The molecule has 0 atom stereocenters. The van der Waals surface area contributed by atoms with E-state index < -0.39 is 0 Å². The molecule has 3 aromatic heterocycles. The highest BCUT2D eigenvalue weighted by atomic mass is 35.5. The maximum absolute atomic E-state index is 6.27. The van der Waals surface area contributed by atoms with Crippen LogP contribution in [0.3, 0.4) is 0 Å². The van der Waals surface area contributed by atoms with E-state index in [1.54, 1.807) is 41.3 Å². The minimum atomic E-state index is 0.421. The monoisotopic (exact) mass is 390 g/mol. The number of hydrogen-bond donors (Lipinski definition) is 1. The summed E-state index contributed by atoms with van der Waals surface area (Å²) in [5.41, 5.74) is 1.15. The zero-order chi connectivity index (χ0) is 17.4. The van der Waals surface area contributed by atoms with Crippen molar-refractivity contribution < 1.29 is 0 Å². The standard InChI is InChI=1S/C16H9Cl3N6/c17-10-2-1-3-11(18)15(10)25-7-9-14(24-25)12(19)6-21-16(9)23-13-4-5-20-8-22-13/h1-8H,(H,20,21,22,23). The fraction of sp³-hybridized carbons (Fsp3) is 0. The van der Waals surface area contributed by atoms with Gasteiger partial charge in [0.25, 0.3) is 0 Å². The first-order valence-electron chi connectivity index (χ1n) is 7.15. The Morgan fingerprint density at radius 3 is 2.48 bits per heavy atom. The van der Waals surface area contributed by atoms with Crippen molar-refractivity contribution in [3.05, 3.63) is 64.3 Å². The number of nitrogens with one attached hydrogen (secondary N) is 1. The van der Waals surface area contributed by atoms with Crippen molar-refractivity contribution in [3.63, 3.8) is 0 Å². The highest BCUT2D eigenvalue weighted by Gasteiger charge is 2.15. The van der Waals surface area contributed by atoms with Gasteiger partial charge in [-0.15, -0.1) is 0 Å². The van der Waals surface area contributed by atoms with Crippen LogP contribution in [0.5, 0.6) is 0 Å². The Morgan fingerprint density at radius 2 is 1.76 bits per heavy atom. The average Bonchev–Trinajstić information content (AvgIpc) is 3.04. The third-order valence-corrected chi connectivity index (χ3v) is 4.38. The zero-order valence-electron chi connectivity index (χ0n) is 12.5. The number of halogens is 3. The molecule has 4 aromatic rings. The molecule has 3 heterocycles. The first-order chi connectivity index (χ1) is 12.1. The number of pyridine rings is 1. The molecule has 0 saturated carbocycles. The molecule has 0 aliphatic carbocycles. The summed E-state index contributed by atoms with van der Waals surface area (Å²) in [5.74, 6) is 1.17. The Hall–Kier alpha value is -2.41. The molecular weight excluding hydrogens is 383 g/mol. The minimum Gasteiger partial charge on any atom is -0.324 e. The van der Waals surface area contributed by atoms with Crippen LogP contribution < -0.4 is 5.32 Å². The first-order valence-corrected chi connectivity index (χ1v) is 8.28. The summed E-state index contributed by atoms with van der Waals surface area (Å²) in [5, 5.41) is 9.73. The molecule has 0 aliphatic rings. The second-order valence-corrected chi connectivity index (χ2v) is 6.30. The van der Waals surface area contributed by atoms with Crippen molar-refractivity contribution in [3.8, 4) is 5.69 Å². The molecular formula is C16H9Cl3N6. The minimum absolute atomic E-state index is 0.421. The van der Waals surface area contributed by atoms with Crippen LogP contribution in [0.15, 0.2) is 49.2 Å². The van der Waals surface area contributed by atoms with Gasteiger partial charge in [-0.3, -0.25) is 0 Å². The van der Waals surface area contributed by atoms with E-state index in [1.165, 1.54) is 12.5 Å². The van der Waals surface area contributed by atoms with Gasteiger partial charge in [0.1, 0.15) is 29.2 Å². The lowest BCUT2D eigenvalue weighted by atomic mass is 10.3. The molecule has 0 aliphatic heterocycles. The number of anilines is 2. The molecule has 0 spiro atoms. The van der Waals surface area contributed by atoms with E-state index in [0.29, 0.717) is 43.3 Å². The molecule has 0 bridgehead atoms. The van der Waals surface area contributed by atoms with Crippen LogP contribution in [0.1, 0.15) is 0 Å². The molecule has 0 amide bonds. The van der Waals surface area contributed by atoms with Gasteiger partial charge in [-0.05, 0) is 18.2 Å². The zero-order valence-corrected chi connectivity index (χ0v) is 14.8. The summed E-state index contributed by atoms with van der Waals surface area (Å²) in [4.78, 5) is 12.4. The van der Waals surface area contributed by atoms with Gasteiger partial charge in [-0.2, -0.15) is 5.10 Å². The lowest BCUT2D eigenvalue weighted by Crippen LogP contribution is -1.96. The number of nitrogens with zero attached hydrogens (tertiary/aromatic N) is 5. The second-order valence-electron chi connectivity index (χ2n) is 5.08. The van der Waals surface area contributed by atoms with Crippen LogP contribution in [0.2, 0.25) is 15.1 Å². The number of aromatic nitrogens is 5. The van der Waals surface area contributed by atoms with Crippen LogP contribution in [0, 0.1) is 0 Å². The van der Waals surface area contributed by atoms with E-state index in [0.717, 1.165) is 0 Å². The predicted molar refractivity (Wildman–Crippen MR) is 99.2 cm³/mol. The second kappa shape index (κ2) is 6.48. The molecule has 0 fully saturated rings. The maximum atomic E-state index is 6.27. The van der Waals surface area contributed by atoms with E-state index in [-0.39, 0.29) is 0 Å². The van der Waals surface area contributed by atoms with Crippen LogP contribution >= 0.6 is 34.8 Å². The lowest BCUT2D eigenvalue weighted by molar-refractivity contribution is 0.897. The molecule has 0 radical (unpaired) electrons. The summed E-state index contributed by atoms with van der Waals surface area (Å²) < 4.78 is 1.59. The van der Waals surface area contributed by atoms with Gasteiger partial charge in [-0.25, -0.2) is 19.6 Å². The summed E-state index contributed by atoms with van der Waals surface area (Å²) in [6, 6.07) is 7.00. The molecule has 124 valence electrons. The molecule has 9 heteroatoms. The van der Waals surface area contributed by atoms with Gasteiger partial charge in [0, 0.05) is 12.4 Å². The van der Waals surface area contributed by atoms with E-state index in [4.69, 9.17) is 34.8 Å². The smallest absolute Gasteiger partial charge is 0.142 e. The largest absolute Gasteiger partial charge is 0.324 e. The van der Waals surface area contributed by atoms with Crippen molar-refractivity contribution >= 4 is 57.3 Å². The van der Waals surface area contributed by atoms with Crippen molar-refractivity contribution in [2.45, 2.75) is 0 Å². The number of fused-ring (bicyclic) bond motifs is 1. The normalized spacial score (nSPS) is 11.0. The topological polar surface area (TPSA) is 68.5 Å². The third-order valence-electron chi connectivity index (χ3n) is 3.50. The van der Waals surface area contributed by atoms with Crippen molar-refractivity contribution in [2.75, 3.05) is 5.32 Å². The van der Waals surface area contributed by atoms with Crippen LogP contribution in [-0.4, -0.2) is 24.7 Å². The average molecular weight is 392 g/mol. The summed E-state index contributed by atoms with van der Waals surface area (Å²) in [7, 11) is 0. The quantitative estimate of drug-likeness (QED) is 0.537. The molecule has 0 saturated heterocycles. The fourth-order valence-corrected chi connectivity index (χ4v) is 3.14. The van der Waals surface area contributed by atoms with Gasteiger partial charge >= 0.3 is 0 Å². The van der Waals surface area contributed by atoms with Crippen LogP contribution in [0.4, 0.5) is 11.6 Å². The van der Waals surface area contributed by atoms with Crippen LogP contribution in [0.25, 0.3) is 16.6 Å². The maximum Gasteiger partial charge on any atom is 0.142 e. The SMILES string of the molecule is Clc1cccc(Cl)c1-n1cc2c(Nc3ccncn3)ncc(Cl)c2n1. The summed E-state index contributed by atoms with van der Waals surface area (Å²) in [6.45, 7) is 0. The highest BCUT2D eigenvalue weighted by Crippen LogP contribution is 2.33. The molecule has 0 unspecified atom stereocenters. The molecule has 4 rings (SSSR count). The Kier molecular flexibility index (Phi) is 4.17. The van der Waals surface area contributed by atoms with Crippen molar-refractivity contribution in [2.24, 2.45) is 0 Å². The first kappa shape index (κ1) is 16.1. The Labute approximate surface area is 157 Å². The van der Waals surface area contributed by atoms with Gasteiger partial charge in [0.15, 0.2) is 0 Å². The van der Waals surface area contributed by atoms with Crippen molar-refractivity contribution in [1.82, 2.24) is 24.7 Å². The van der Waals surface area contributed by atoms with Crippen molar-refractivity contribution in [1.29, 1.82) is 0 Å². The van der Waals surface area contributed by atoms with E-state index >= 15 is 0 Å². The van der Waals surface area contributed by atoms with Crippen LogP contribution in [-0.2, 0) is 0 Å². The van der Waals surface area contributed by atoms with Gasteiger partial charge in [-0.1, -0.05) is 40.9 Å². The Balaban J connectivity index is 1.88. The Morgan fingerprint density at radius 1 is 0.960 bits per heavy atom. The fourth-order valence-electron chi connectivity index (χ4n) is 2.38. The lowest BCUT2D eigenvalue weighted by Gasteiger charge is -2.06. The number of benzene rings is 1. The third kappa shape index (κ3) is 3.00. The number of rotatable bonds is 3. The van der Waals surface area contributed by atoms with E-state index in [1.807, 2.05) is 0 Å². The van der Waals surface area contributed by atoms with Gasteiger partial charge in [0.05, 0.1) is 26.7 Å². The number of hydrogen-bond acceptors (Lipinski definition) is 5. The Bertz CT molecular complexity index is 1040. The van der Waals surface area contributed by atoms with E-state index in [2.05, 4.69) is 25.4 Å². The molecule has 6 nitrogen and oxygen atoms in total. The highest BCUT2D eigenvalue weighted by molar-refractivity contribution is 6.38. The predicted octanol–water partition coefficient (Wildman–Crippen LogP) is 4.91. The van der Waals surface area contributed by atoms with Gasteiger partial charge in [0.2, 0.25) is 0 Å². The molecule has 1 aromatic carbocycles.